The summed E-state index contributed by atoms with van der Waals surface area (Å²) < 4.78 is 8.17. The largest absolute Gasteiger partial charge is 0.493 e. The van der Waals surface area contributed by atoms with Gasteiger partial charge in [-0.15, -0.1) is 0 Å². The van der Waals surface area contributed by atoms with Crippen LogP contribution in [0.2, 0.25) is 0 Å². The van der Waals surface area contributed by atoms with Crippen LogP contribution in [-0.2, 0) is 17.8 Å². The fourth-order valence-corrected chi connectivity index (χ4v) is 5.49. The van der Waals surface area contributed by atoms with Crippen LogP contribution in [0.3, 0.4) is 0 Å². The first-order valence-electron chi connectivity index (χ1n) is 12.7. The summed E-state index contributed by atoms with van der Waals surface area (Å²) in [6.07, 6.45) is 6.37. The zero-order valence-corrected chi connectivity index (χ0v) is 21.7. The summed E-state index contributed by atoms with van der Waals surface area (Å²) in [7, 11) is 0. The maximum atomic E-state index is 13.1. The zero-order chi connectivity index (χ0) is 25.6. The van der Waals surface area contributed by atoms with Crippen molar-refractivity contribution in [3.63, 3.8) is 0 Å². The summed E-state index contributed by atoms with van der Waals surface area (Å²) in [6, 6.07) is 26.3. The van der Waals surface area contributed by atoms with Crippen LogP contribution in [-0.4, -0.2) is 33.8 Å². The van der Waals surface area contributed by atoms with E-state index in [0.29, 0.717) is 18.1 Å². The normalized spacial score (nSPS) is 14.7. The molecule has 0 saturated carbocycles. The first-order chi connectivity index (χ1) is 18.1. The molecule has 2 amide bonds. The number of carbonyl (C=O) groups excluding carboxylic acids is 2. The Labute approximate surface area is 221 Å². The number of hydrogen-bond acceptors (Lipinski definition) is 4. The van der Waals surface area contributed by atoms with Crippen molar-refractivity contribution in [3.8, 4) is 5.75 Å². The molecule has 1 aromatic heterocycles. The summed E-state index contributed by atoms with van der Waals surface area (Å²) in [6.45, 7) is 3.89. The Morgan fingerprint density at radius 3 is 2.46 bits per heavy atom. The monoisotopic (exact) mass is 510 g/mol. The minimum Gasteiger partial charge on any atom is -0.493 e. The Kier molecular flexibility index (Phi) is 7.76. The molecule has 0 atom stereocenters. The number of hydrogen-bond donors (Lipinski definition) is 0. The number of rotatable bonds is 10. The first-order valence-corrected chi connectivity index (χ1v) is 13.5. The molecule has 0 radical (unpaired) electrons. The summed E-state index contributed by atoms with van der Waals surface area (Å²) in [5.74, 6) is 0.714. The summed E-state index contributed by atoms with van der Waals surface area (Å²) in [4.78, 5) is 27.5. The molecule has 5 nitrogen and oxygen atoms in total. The van der Waals surface area contributed by atoms with Gasteiger partial charge in [0, 0.05) is 35.8 Å². The standard InChI is InChI=1S/C31H30N2O3S/c1-23-11-5-8-17-28(23)36-20-10-18-32-22-25(26-15-6-7-16-27(26)32)21-29-30(34)33(31(35)37-29)19-9-14-24-12-3-2-4-13-24/h2-8,11-13,15-17,21-22H,9-10,14,18-20H2,1H3/b29-21-. The number of amides is 2. The highest BCUT2D eigenvalue weighted by Crippen LogP contribution is 2.34. The number of imide groups is 1. The maximum absolute atomic E-state index is 13.1. The number of aromatic nitrogens is 1. The van der Waals surface area contributed by atoms with Crippen molar-refractivity contribution in [3.05, 3.63) is 107 Å². The van der Waals surface area contributed by atoms with Crippen LogP contribution in [0.5, 0.6) is 5.75 Å². The Bertz CT molecular complexity index is 1440. The van der Waals surface area contributed by atoms with Gasteiger partial charge in [0.15, 0.2) is 0 Å². The van der Waals surface area contributed by atoms with Gasteiger partial charge in [-0.3, -0.25) is 14.5 Å². The lowest BCUT2D eigenvalue weighted by Gasteiger charge is -2.12. The van der Waals surface area contributed by atoms with Gasteiger partial charge in [-0.2, -0.15) is 0 Å². The molecule has 0 unspecified atom stereocenters. The average Bonchev–Trinajstić information content (AvgIpc) is 3.40. The lowest BCUT2D eigenvalue weighted by atomic mass is 10.1. The number of nitrogens with zero attached hydrogens (tertiary/aromatic N) is 2. The highest BCUT2D eigenvalue weighted by atomic mass is 32.2. The molecule has 1 aliphatic rings. The van der Waals surface area contributed by atoms with Crippen LogP contribution < -0.4 is 4.74 Å². The highest BCUT2D eigenvalue weighted by Gasteiger charge is 2.34. The predicted molar refractivity (Wildman–Crippen MR) is 151 cm³/mol. The smallest absolute Gasteiger partial charge is 0.293 e. The molecule has 37 heavy (non-hydrogen) atoms. The van der Waals surface area contributed by atoms with Gasteiger partial charge in [-0.25, -0.2) is 0 Å². The van der Waals surface area contributed by atoms with Gasteiger partial charge in [-0.1, -0.05) is 66.7 Å². The van der Waals surface area contributed by atoms with Gasteiger partial charge in [0.1, 0.15) is 5.75 Å². The number of carbonyl (C=O) groups is 2. The fourth-order valence-electron chi connectivity index (χ4n) is 4.63. The third-order valence-electron chi connectivity index (χ3n) is 6.56. The molecule has 5 rings (SSSR count). The van der Waals surface area contributed by atoms with E-state index in [1.165, 1.54) is 10.5 Å². The van der Waals surface area contributed by atoms with E-state index in [1.807, 2.05) is 67.6 Å². The van der Waals surface area contributed by atoms with Crippen molar-refractivity contribution >= 4 is 39.9 Å². The van der Waals surface area contributed by atoms with Gasteiger partial charge < -0.3 is 9.30 Å². The molecule has 6 heteroatoms. The topological polar surface area (TPSA) is 51.5 Å². The van der Waals surface area contributed by atoms with Crippen LogP contribution in [0.4, 0.5) is 4.79 Å². The molecule has 188 valence electrons. The van der Waals surface area contributed by atoms with Crippen molar-refractivity contribution in [2.75, 3.05) is 13.2 Å². The van der Waals surface area contributed by atoms with Crippen molar-refractivity contribution in [1.29, 1.82) is 0 Å². The van der Waals surface area contributed by atoms with E-state index in [4.69, 9.17) is 4.74 Å². The SMILES string of the molecule is Cc1ccccc1OCCCn1cc(/C=C2\SC(=O)N(CCCc3ccccc3)C2=O)c2ccccc21. The van der Waals surface area contributed by atoms with Crippen LogP contribution in [0.25, 0.3) is 17.0 Å². The van der Waals surface area contributed by atoms with Crippen molar-refractivity contribution < 1.29 is 14.3 Å². The lowest BCUT2D eigenvalue weighted by Crippen LogP contribution is -2.29. The molecule has 0 N–H and O–H groups in total. The van der Waals surface area contributed by atoms with E-state index in [-0.39, 0.29) is 11.1 Å². The van der Waals surface area contributed by atoms with Gasteiger partial charge in [0.05, 0.1) is 11.5 Å². The van der Waals surface area contributed by atoms with Gasteiger partial charge >= 0.3 is 0 Å². The van der Waals surface area contributed by atoms with Crippen LogP contribution in [0.1, 0.15) is 29.5 Å². The van der Waals surface area contributed by atoms with E-state index >= 15 is 0 Å². The molecule has 1 saturated heterocycles. The van der Waals surface area contributed by atoms with E-state index in [1.54, 1.807) is 0 Å². The van der Waals surface area contributed by atoms with E-state index < -0.39 is 0 Å². The molecule has 2 heterocycles. The fraction of sp³-hybridized carbons (Fsp3) is 0.226. The number of fused-ring (bicyclic) bond motifs is 1. The average molecular weight is 511 g/mol. The number of benzene rings is 3. The molecule has 0 spiro atoms. The quantitative estimate of drug-likeness (QED) is 0.169. The third-order valence-corrected chi connectivity index (χ3v) is 7.47. The third kappa shape index (κ3) is 5.81. The summed E-state index contributed by atoms with van der Waals surface area (Å²) >= 11 is 1.03. The molecular weight excluding hydrogens is 480 g/mol. The summed E-state index contributed by atoms with van der Waals surface area (Å²) in [5.41, 5.74) is 4.39. The summed E-state index contributed by atoms with van der Waals surface area (Å²) in [5, 5.41) is 0.875. The Morgan fingerprint density at radius 1 is 0.865 bits per heavy atom. The molecule has 0 aliphatic carbocycles. The Morgan fingerprint density at radius 2 is 1.62 bits per heavy atom. The predicted octanol–water partition coefficient (Wildman–Crippen LogP) is 7.09. The molecule has 1 fully saturated rings. The lowest BCUT2D eigenvalue weighted by molar-refractivity contribution is -0.122. The Balaban J connectivity index is 1.25. The Hall–Kier alpha value is -3.77. The molecule has 3 aromatic carbocycles. The van der Waals surface area contributed by atoms with Gasteiger partial charge in [-0.05, 0) is 67.3 Å². The van der Waals surface area contributed by atoms with Crippen LogP contribution in [0, 0.1) is 6.92 Å². The van der Waals surface area contributed by atoms with Crippen molar-refractivity contribution in [2.45, 2.75) is 32.7 Å². The number of thioether (sulfide) groups is 1. The maximum Gasteiger partial charge on any atom is 0.293 e. The van der Waals surface area contributed by atoms with Crippen LogP contribution in [0.15, 0.2) is 90.0 Å². The molecule has 1 aliphatic heterocycles. The van der Waals surface area contributed by atoms with E-state index in [0.717, 1.165) is 65.3 Å². The minimum absolute atomic E-state index is 0.193. The highest BCUT2D eigenvalue weighted by molar-refractivity contribution is 8.18. The van der Waals surface area contributed by atoms with Crippen molar-refractivity contribution in [1.82, 2.24) is 9.47 Å². The van der Waals surface area contributed by atoms with E-state index in [9.17, 15) is 9.59 Å². The van der Waals surface area contributed by atoms with E-state index in [2.05, 4.69) is 35.0 Å². The molecular formula is C31H30N2O3S. The van der Waals surface area contributed by atoms with Gasteiger partial charge in [0.25, 0.3) is 11.1 Å². The number of aryl methyl sites for hydroxylation is 3. The van der Waals surface area contributed by atoms with Crippen molar-refractivity contribution in [2.24, 2.45) is 0 Å². The number of para-hydroxylation sites is 2. The van der Waals surface area contributed by atoms with Gasteiger partial charge in [0.2, 0.25) is 0 Å². The number of ether oxygens (including phenoxy) is 1. The van der Waals surface area contributed by atoms with Crippen LogP contribution >= 0.6 is 11.8 Å². The zero-order valence-electron chi connectivity index (χ0n) is 20.9. The molecule has 4 aromatic rings. The second-order valence-corrected chi connectivity index (χ2v) is 10.2. The first kappa shape index (κ1) is 24.9. The second kappa shape index (κ2) is 11.5. The second-order valence-electron chi connectivity index (χ2n) is 9.18. The minimum atomic E-state index is -0.202. The molecule has 0 bridgehead atoms.